The summed E-state index contributed by atoms with van der Waals surface area (Å²) in [6, 6.07) is 21.4. The summed E-state index contributed by atoms with van der Waals surface area (Å²) < 4.78 is 10.6. The summed E-state index contributed by atoms with van der Waals surface area (Å²) in [6.07, 6.45) is 1.57. The molecule has 0 bridgehead atoms. The highest BCUT2D eigenvalue weighted by Crippen LogP contribution is 2.29. The third-order valence-electron chi connectivity index (χ3n) is 4.94. The van der Waals surface area contributed by atoms with Gasteiger partial charge in [0.05, 0.1) is 12.2 Å². The molecule has 0 N–H and O–H groups in total. The average molecular weight is 371 g/mol. The zero-order valence-electron chi connectivity index (χ0n) is 15.0. The minimum absolute atomic E-state index is 0.0154. The van der Waals surface area contributed by atoms with Crippen LogP contribution in [0.4, 0.5) is 0 Å². The minimum Gasteiger partial charge on any atom is -0.461 e. The summed E-state index contributed by atoms with van der Waals surface area (Å²) in [5.74, 6) is 1.61. The van der Waals surface area contributed by atoms with Crippen molar-refractivity contribution >= 4 is 5.91 Å². The average Bonchev–Trinajstić information content (AvgIpc) is 3.40. The molecule has 1 fully saturated rings. The van der Waals surface area contributed by atoms with Gasteiger partial charge in [0, 0.05) is 18.7 Å². The van der Waals surface area contributed by atoms with Gasteiger partial charge >= 0.3 is 0 Å². The summed E-state index contributed by atoms with van der Waals surface area (Å²) in [5.41, 5.74) is 2.91. The molecule has 2 aromatic carbocycles. The number of benzene rings is 2. The molecule has 1 aliphatic heterocycles. The smallest absolute Gasteiger partial charge is 0.253 e. The van der Waals surface area contributed by atoms with Gasteiger partial charge in [-0.15, -0.1) is 0 Å². The fourth-order valence-electron chi connectivity index (χ4n) is 3.33. The van der Waals surface area contributed by atoms with E-state index in [1.807, 2.05) is 42.5 Å². The zero-order chi connectivity index (χ0) is 18.9. The third kappa shape index (κ3) is 2.99. The van der Waals surface area contributed by atoms with E-state index in [0.717, 1.165) is 11.1 Å². The molecule has 0 unspecified atom stereocenters. The monoisotopic (exact) mass is 371 g/mol. The molecule has 28 heavy (non-hydrogen) atoms. The number of aromatic nitrogens is 2. The van der Waals surface area contributed by atoms with Gasteiger partial charge in [-0.1, -0.05) is 47.6 Å². The number of likely N-dealkylation sites (tertiary alicyclic amines) is 1. The Bertz CT molecular complexity index is 1080. The third-order valence-corrected chi connectivity index (χ3v) is 4.94. The highest BCUT2D eigenvalue weighted by molar-refractivity contribution is 5.95. The lowest BCUT2D eigenvalue weighted by molar-refractivity contribution is 0.0569. The first-order valence-corrected chi connectivity index (χ1v) is 9.10. The van der Waals surface area contributed by atoms with Crippen LogP contribution in [-0.2, 0) is 0 Å². The van der Waals surface area contributed by atoms with Gasteiger partial charge in [-0.05, 0) is 35.4 Å². The molecule has 3 heterocycles. The lowest BCUT2D eigenvalue weighted by atomic mass is 9.98. The van der Waals surface area contributed by atoms with Crippen molar-refractivity contribution in [2.75, 3.05) is 13.1 Å². The van der Waals surface area contributed by atoms with Gasteiger partial charge in [0.2, 0.25) is 11.7 Å². The molecule has 0 atom stereocenters. The van der Waals surface area contributed by atoms with Crippen molar-refractivity contribution in [2.45, 2.75) is 5.92 Å². The molecule has 0 radical (unpaired) electrons. The number of hydrogen-bond acceptors (Lipinski definition) is 5. The predicted molar refractivity (Wildman–Crippen MR) is 103 cm³/mol. The molecule has 2 aromatic heterocycles. The second-order valence-electron chi connectivity index (χ2n) is 6.78. The minimum atomic E-state index is 0.0154. The molecule has 0 spiro atoms. The molecular weight excluding hydrogens is 354 g/mol. The Morgan fingerprint density at radius 3 is 2.39 bits per heavy atom. The highest BCUT2D eigenvalue weighted by atomic mass is 16.5. The topological polar surface area (TPSA) is 72.4 Å². The van der Waals surface area contributed by atoms with Crippen LogP contribution in [0.2, 0.25) is 0 Å². The fourth-order valence-corrected chi connectivity index (χ4v) is 3.33. The molecule has 5 rings (SSSR count). The van der Waals surface area contributed by atoms with Gasteiger partial charge in [0.1, 0.15) is 0 Å². The molecule has 1 aliphatic rings. The second-order valence-corrected chi connectivity index (χ2v) is 6.78. The van der Waals surface area contributed by atoms with Crippen molar-refractivity contribution in [3.05, 3.63) is 84.4 Å². The number of carbonyl (C=O) groups excluding carboxylic acids is 1. The fraction of sp³-hybridized carbons (Fsp3) is 0.136. The first kappa shape index (κ1) is 16.5. The van der Waals surface area contributed by atoms with Gasteiger partial charge in [0.15, 0.2) is 5.76 Å². The van der Waals surface area contributed by atoms with Crippen LogP contribution in [0.25, 0.3) is 22.7 Å². The highest BCUT2D eigenvalue weighted by Gasteiger charge is 2.36. The van der Waals surface area contributed by atoms with E-state index in [4.69, 9.17) is 8.94 Å². The Hall–Kier alpha value is -3.67. The van der Waals surface area contributed by atoms with E-state index in [9.17, 15) is 4.79 Å². The van der Waals surface area contributed by atoms with Crippen molar-refractivity contribution in [1.29, 1.82) is 0 Å². The summed E-state index contributed by atoms with van der Waals surface area (Å²) in [4.78, 5) is 18.9. The Kier molecular flexibility index (Phi) is 4.01. The molecule has 1 amide bonds. The molecule has 1 saturated heterocycles. The number of nitrogens with zero attached hydrogens (tertiary/aromatic N) is 3. The largest absolute Gasteiger partial charge is 0.461 e. The molecule has 4 aromatic rings. The van der Waals surface area contributed by atoms with E-state index in [-0.39, 0.29) is 11.8 Å². The number of carbonyl (C=O) groups is 1. The Morgan fingerprint density at radius 2 is 1.68 bits per heavy atom. The maximum atomic E-state index is 12.7. The van der Waals surface area contributed by atoms with Gasteiger partial charge in [-0.3, -0.25) is 4.79 Å². The van der Waals surface area contributed by atoms with Crippen LogP contribution in [-0.4, -0.2) is 34.0 Å². The van der Waals surface area contributed by atoms with E-state index in [1.54, 1.807) is 23.3 Å². The van der Waals surface area contributed by atoms with E-state index in [2.05, 4.69) is 22.3 Å². The van der Waals surface area contributed by atoms with Crippen molar-refractivity contribution < 1.29 is 13.7 Å². The maximum absolute atomic E-state index is 12.7. The van der Waals surface area contributed by atoms with Crippen LogP contribution in [0.5, 0.6) is 0 Å². The summed E-state index contributed by atoms with van der Waals surface area (Å²) >= 11 is 0. The summed E-state index contributed by atoms with van der Waals surface area (Å²) in [7, 11) is 0. The van der Waals surface area contributed by atoms with Gasteiger partial charge in [-0.2, -0.15) is 4.98 Å². The summed E-state index contributed by atoms with van der Waals surface area (Å²) in [5, 5.41) is 3.94. The van der Waals surface area contributed by atoms with Crippen molar-refractivity contribution in [2.24, 2.45) is 0 Å². The van der Waals surface area contributed by atoms with Crippen LogP contribution < -0.4 is 0 Å². The molecule has 0 aliphatic carbocycles. The van der Waals surface area contributed by atoms with Gasteiger partial charge in [-0.25, -0.2) is 0 Å². The van der Waals surface area contributed by atoms with Gasteiger partial charge < -0.3 is 13.8 Å². The lowest BCUT2D eigenvalue weighted by Gasteiger charge is -2.37. The van der Waals surface area contributed by atoms with Crippen LogP contribution in [0, 0.1) is 0 Å². The molecule has 138 valence electrons. The lowest BCUT2D eigenvalue weighted by Crippen LogP contribution is -2.48. The van der Waals surface area contributed by atoms with Crippen LogP contribution in [0.15, 0.2) is 81.9 Å². The van der Waals surface area contributed by atoms with E-state index in [0.29, 0.717) is 36.1 Å². The standard InChI is InChI=1S/C22H17N3O3/c26-22(17-10-8-16(9-11-17)15-5-2-1-3-6-15)25-13-18(14-25)21-23-20(24-28-21)19-7-4-12-27-19/h1-12,18H,13-14H2. The predicted octanol–water partition coefficient (Wildman–Crippen LogP) is 4.24. The Balaban J connectivity index is 1.23. The first-order chi connectivity index (χ1) is 13.8. The molecule has 6 nitrogen and oxygen atoms in total. The maximum Gasteiger partial charge on any atom is 0.253 e. The van der Waals surface area contributed by atoms with Crippen molar-refractivity contribution in [1.82, 2.24) is 15.0 Å². The Labute approximate surface area is 161 Å². The Morgan fingerprint density at radius 1 is 0.929 bits per heavy atom. The van der Waals surface area contributed by atoms with Crippen molar-refractivity contribution in [3.8, 4) is 22.7 Å². The second kappa shape index (κ2) is 6.81. The molecular formula is C22H17N3O3. The van der Waals surface area contributed by atoms with Crippen LogP contribution >= 0.6 is 0 Å². The SMILES string of the molecule is O=C(c1ccc(-c2ccccc2)cc1)N1CC(c2nc(-c3ccco3)no2)C1. The normalized spacial score (nSPS) is 14.1. The number of hydrogen-bond donors (Lipinski definition) is 0. The van der Waals surface area contributed by atoms with Crippen LogP contribution in [0.1, 0.15) is 22.2 Å². The van der Waals surface area contributed by atoms with Crippen molar-refractivity contribution in [3.63, 3.8) is 0 Å². The molecule has 0 saturated carbocycles. The summed E-state index contributed by atoms with van der Waals surface area (Å²) in [6.45, 7) is 1.14. The quantitative estimate of drug-likeness (QED) is 0.537. The number of rotatable bonds is 4. The van der Waals surface area contributed by atoms with E-state index >= 15 is 0 Å². The van der Waals surface area contributed by atoms with E-state index < -0.39 is 0 Å². The number of furan rings is 1. The zero-order valence-corrected chi connectivity index (χ0v) is 15.0. The van der Waals surface area contributed by atoms with Crippen LogP contribution in [0.3, 0.4) is 0 Å². The number of amides is 1. The van der Waals surface area contributed by atoms with Gasteiger partial charge in [0.25, 0.3) is 5.91 Å². The van der Waals surface area contributed by atoms with E-state index in [1.165, 1.54) is 0 Å². The first-order valence-electron chi connectivity index (χ1n) is 9.10. The molecule has 6 heteroatoms.